The van der Waals surface area contributed by atoms with Crippen LogP contribution in [-0.2, 0) is 31.6 Å². The van der Waals surface area contributed by atoms with Crippen LogP contribution in [0, 0.1) is 11.8 Å². The van der Waals surface area contributed by atoms with Crippen molar-refractivity contribution >= 4 is 40.6 Å². The Morgan fingerprint density at radius 3 is 2.53 bits per heavy atom. The zero-order valence-electron chi connectivity index (χ0n) is 17.7. The summed E-state index contributed by atoms with van der Waals surface area (Å²) in [4.78, 5) is 47.7. The molecule has 0 radical (unpaired) electrons. The molecule has 0 spiro atoms. The molecule has 3 rings (SSSR count). The predicted octanol–water partition coefficient (Wildman–Crippen LogP) is 0.0798. The lowest BCUT2D eigenvalue weighted by Gasteiger charge is -2.25. The van der Waals surface area contributed by atoms with Crippen molar-refractivity contribution in [1.29, 1.82) is 0 Å². The van der Waals surface area contributed by atoms with Crippen molar-refractivity contribution in [3.05, 3.63) is 12.5 Å². The van der Waals surface area contributed by atoms with Crippen molar-refractivity contribution in [3.8, 4) is 11.8 Å². The van der Waals surface area contributed by atoms with E-state index in [1.54, 1.807) is 0 Å². The lowest BCUT2D eigenvalue weighted by atomic mass is 9.94. The van der Waals surface area contributed by atoms with Crippen molar-refractivity contribution in [2.45, 2.75) is 37.1 Å². The monoisotopic (exact) mass is 579 g/mol. The van der Waals surface area contributed by atoms with E-state index in [-0.39, 0.29) is 17.1 Å². The average Bonchev–Trinajstić information content (AvgIpc) is 3.22. The molecule has 17 nitrogen and oxygen atoms in total. The summed E-state index contributed by atoms with van der Waals surface area (Å²) < 4.78 is 81.3. The molecule has 1 saturated heterocycles. The molecule has 1 aliphatic heterocycles. The van der Waals surface area contributed by atoms with E-state index in [4.69, 9.17) is 20.3 Å². The second kappa shape index (κ2) is 10.1. The molecule has 7 N–H and O–H groups in total. The number of anilines is 1. The number of aliphatic hydroxyl groups excluding tert-OH is 1. The molecule has 2 aromatic heterocycles. The van der Waals surface area contributed by atoms with Crippen LogP contribution in [-0.4, -0.2) is 74.9 Å². The van der Waals surface area contributed by atoms with Gasteiger partial charge in [0, 0.05) is 0 Å². The van der Waals surface area contributed by atoms with Crippen molar-refractivity contribution in [2.75, 3.05) is 12.4 Å². The normalized spacial score (nSPS) is 28.7. The highest BCUT2D eigenvalue weighted by molar-refractivity contribution is 7.66. The van der Waals surface area contributed by atoms with Crippen LogP contribution >= 0.6 is 23.5 Å². The lowest BCUT2D eigenvalue weighted by molar-refractivity contribution is -0.0754. The van der Waals surface area contributed by atoms with Crippen molar-refractivity contribution in [1.82, 2.24) is 19.5 Å². The number of ether oxygens (including phenoxy) is 1. The number of nitrogens with zero attached hydrogens (tertiary/aromatic N) is 4. The average molecular weight is 579 g/mol. The number of phosphoric ester groups is 1. The van der Waals surface area contributed by atoms with Gasteiger partial charge in [-0.15, -0.1) is 0 Å². The minimum absolute atomic E-state index is 0.0787. The highest BCUT2D eigenvalue weighted by atomic mass is 31.3. The Labute approximate surface area is 199 Å². The first-order chi connectivity index (χ1) is 16.5. The number of fused-ring (bicyclic) bond motifs is 1. The maximum Gasteiger partial charge on any atom is 0.490 e. The van der Waals surface area contributed by atoms with Gasteiger partial charge in [-0.05, 0) is 6.92 Å². The third-order valence-corrected chi connectivity index (χ3v) is 8.43. The van der Waals surface area contributed by atoms with Gasteiger partial charge in [-0.25, -0.2) is 32.4 Å². The van der Waals surface area contributed by atoms with E-state index < -0.39 is 60.4 Å². The summed E-state index contributed by atoms with van der Waals surface area (Å²) in [6.45, 7) is -0.365. The van der Waals surface area contributed by atoms with E-state index >= 15 is 4.39 Å². The Morgan fingerprint density at radius 1 is 1.25 bits per heavy atom. The van der Waals surface area contributed by atoms with Crippen molar-refractivity contribution < 1.29 is 65.0 Å². The topological polar surface area (TPSA) is 259 Å². The maximum absolute atomic E-state index is 16.0. The first kappa shape index (κ1) is 28.7. The summed E-state index contributed by atoms with van der Waals surface area (Å²) in [5.74, 6) is 3.47. The maximum atomic E-state index is 16.0. The van der Waals surface area contributed by atoms with Gasteiger partial charge in [0.25, 0.3) is 0 Å². The molecule has 200 valence electrons. The highest BCUT2D eigenvalue weighted by Gasteiger charge is 2.60. The first-order valence-corrected chi connectivity index (χ1v) is 13.9. The van der Waals surface area contributed by atoms with Crippen LogP contribution in [0.5, 0.6) is 0 Å². The Kier molecular flexibility index (Phi) is 8.05. The van der Waals surface area contributed by atoms with Crippen LogP contribution in [0.1, 0.15) is 13.2 Å². The van der Waals surface area contributed by atoms with Crippen molar-refractivity contribution in [3.63, 3.8) is 0 Å². The molecule has 1 fully saturated rings. The van der Waals surface area contributed by atoms with E-state index in [1.165, 1.54) is 6.20 Å². The number of aliphatic hydroxyl groups is 1. The highest BCUT2D eigenvalue weighted by Crippen LogP contribution is 2.66. The Balaban J connectivity index is 1.91. The van der Waals surface area contributed by atoms with Gasteiger partial charge in [-0.2, -0.15) is 13.6 Å². The van der Waals surface area contributed by atoms with Gasteiger partial charge in [0.2, 0.25) is 11.6 Å². The largest absolute Gasteiger partial charge is 0.490 e. The van der Waals surface area contributed by atoms with Crippen LogP contribution in [0.3, 0.4) is 0 Å². The molecule has 36 heavy (non-hydrogen) atoms. The Hall–Kier alpha value is -1.90. The molecule has 0 amide bonds. The number of halogens is 2. The third kappa shape index (κ3) is 6.32. The number of nitrogens with two attached hydrogens (primary N) is 1. The van der Waals surface area contributed by atoms with Crippen LogP contribution in [0.2, 0.25) is 0 Å². The van der Waals surface area contributed by atoms with E-state index in [0.717, 1.165) is 17.8 Å². The molecule has 2 aromatic rings. The SMILES string of the molecule is C[C@H](OP(=O)(O)OP(=O)(O)OP(=O)(O)O)[C@H]1O[C@@H](n2cnc3cnc(N)nc32)C(F)(C#CCF)[C@H]1O. The predicted molar refractivity (Wildman–Crippen MR) is 112 cm³/mol. The summed E-state index contributed by atoms with van der Waals surface area (Å²) in [6, 6.07) is 0. The van der Waals surface area contributed by atoms with Crippen LogP contribution < -0.4 is 5.73 Å². The molecule has 0 aliphatic carbocycles. The Morgan fingerprint density at radius 2 is 1.92 bits per heavy atom. The van der Waals surface area contributed by atoms with E-state index in [1.807, 2.05) is 11.8 Å². The van der Waals surface area contributed by atoms with Gasteiger partial charge in [-0.3, -0.25) is 9.09 Å². The van der Waals surface area contributed by atoms with E-state index in [2.05, 4.69) is 28.1 Å². The summed E-state index contributed by atoms with van der Waals surface area (Å²) in [7, 11) is -17.2. The zero-order chi connectivity index (χ0) is 27.1. The van der Waals surface area contributed by atoms with Gasteiger partial charge in [-0.1, -0.05) is 11.8 Å². The fourth-order valence-corrected chi connectivity index (χ4v) is 6.43. The molecule has 0 aromatic carbocycles. The summed E-state index contributed by atoms with van der Waals surface area (Å²) in [6.07, 6.45) is -5.66. The standard InChI is InChI=1S/C14H18F2N5O12P3/c1-7(31-35(26,27)33-36(28,29)32-34(23,24)25)9-10(22)14(16,3-2-4-15)12(30-9)21-6-19-8-5-18-13(17)20-11(8)21/h5-7,9-10,12,22H,4H2,1H3,(H,26,27)(H,28,29)(H2,17,18,20)(H2,23,24,25)/t7-,9+,10-,12+,14?/m0/s1. The van der Waals surface area contributed by atoms with Crippen LogP contribution in [0.15, 0.2) is 12.5 Å². The molecular weight excluding hydrogens is 561 g/mol. The van der Waals surface area contributed by atoms with Crippen molar-refractivity contribution in [2.24, 2.45) is 0 Å². The molecule has 3 heterocycles. The number of hydrogen-bond acceptors (Lipinski definition) is 12. The molecule has 0 saturated carbocycles. The fraction of sp³-hybridized carbons (Fsp3) is 0.500. The van der Waals surface area contributed by atoms with Gasteiger partial charge < -0.3 is 35.2 Å². The fourth-order valence-electron chi connectivity index (χ4n) is 3.23. The van der Waals surface area contributed by atoms with E-state index in [0.29, 0.717) is 0 Å². The van der Waals surface area contributed by atoms with Gasteiger partial charge in [0.05, 0.1) is 18.6 Å². The molecule has 1 aliphatic rings. The number of alkyl halides is 2. The van der Waals surface area contributed by atoms with E-state index in [9.17, 15) is 33.0 Å². The minimum Gasteiger partial charge on any atom is -0.386 e. The Bertz CT molecular complexity index is 1350. The summed E-state index contributed by atoms with van der Waals surface area (Å²) >= 11 is 0. The number of phosphoric acid groups is 3. The third-order valence-electron chi connectivity index (χ3n) is 4.50. The number of rotatable bonds is 8. The second-order valence-corrected chi connectivity index (χ2v) is 11.5. The first-order valence-electron chi connectivity index (χ1n) is 9.34. The molecule has 0 bridgehead atoms. The van der Waals surface area contributed by atoms with Gasteiger partial charge >= 0.3 is 23.5 Å². The summed E-state index contributed by atoms with van der Waals surface area (Å²) in [5, 5.41) is 10.6. The quantitative estimate of drug-likeness (QED) is 0.179. The molecule has 7 atom stereocenters. The minimum atomic E-state index is -5.84. The number of hydrogen-bond donors (Lipinski definition) is 6. The smallest absolute Gasteiger partial charge is 0.386 e. The number of nitrogen functional groups attached to an aromatic ring is 1. The number of aromatic nitrogens is 4. The number of imidazole rings is 1. The zero-order valence-corrected chi connectivity index (χ0v) is 20.4. The lowest BCUT2D eigenvalue weighted by Crippen LogP contribution is -2.44. The van der Waals surface area contributed by atoms with Crippen LogP contribution in [0.25, 0.3) is 11.2 Å². The van der Waals surface area contributed by atoms with Gasteiger partial charge in [0.1, 0.15) is 24.4 Å². The summed E-state index contributed by atoms with van der Waals surface area (Å²) in [5.41, 5.74) is 2.49. The molecule has 3 unspecified atom stereocenters. The van der Waals surface area contributed by atoms with Crippen LogP contribution in [0.4, 0.5) is 14.7 Å². The molecule has 22 heteroatoms. The second-order valence-electron chi connectivity index (χ2n) is 7.09. The molecular formula is C14H18F2N5O12P3. The van der Waals surface area contributed by atoms with Gasteiger partial charge in [0.15, 0.2) is 11.9 Å².